The van der Waals surface area contributed by atoms with Gasteiger partial charge in [0.1, 0.15) is 17.4 Å². The molecule has 74 valence electrons. The molecule has 14 heavy (non-hydrogen) atoms. The molecule has 0 fully saturated rings. The number of hydrogen-bond acceptors (Lipinski definition) is 4. The molecule has 0 aliphatic rings. The fraction of sp³-hybridized carbons (Fsp3) is 0.222. The zero-order valence-electron chi connectivity index (χ0n) is 8.20. The lowest BCUT2D eigenvalue weighted by Gasteiger charge is -2.10. The number of rotatable bonds is 0. The molecule has 0 amide bonds. The van der Waals surface area contributed by atoms with Gasteiger partial charge in [-0.05, 0) is 25.0 Å². The summed E-state index contributed by atoms with van der Waals surface area (Å²) in [5.41, 5.74) is 16.4. The van der Waals surface area contributed by atoms with Gasteiger partial charge in [0.05, 0.1) is 11.4 Å². The SMILES string of the molecule is Cc1c(C)c(N)c2c(ncn2N)c1N. The average Bonchev–Trinajstić information content (AvgIpc) is 2.54. The van der Waals surface area contributed by atoms with Crippen molar-refractivity contribution in [3.05, 3.63) is 17.5 Å². The fourth-order valence-electron chi connectivity index (χ4n) is 1.58. The van der Waals surface area contributed by atoms with Crippen molar-refractivity contribution in [3.63, 3.8) is 0 Å². The van der Waals surface area contributed by atoms with Crippen LogP contribution in [0.2, 0.25) is 0 Å². The number of aromatic nitrogens is 2. The second-order valence-corrected chi connectivity index (χ2v) is 3.43. The predicted octanol–water partition coefficient (Wildman–Crippen LogP) is 0.531. The monoisotopic (exact) mass is 191 g/mol. The van der Waals surface area contributed by atoms with E-state index in [-0.39, 0.29) is 0 Å². The van der Waals surface area contributed by atoms with Gasteiger partial charge in [-0.25, -0.2) is 9.66 Å². The minimum Gasteiger partial charge on any atom is -0.397 e. The number of anilines is 2. The smallest absolute Gasteiger partial charge is 0.116 e. The zero-order valence-corrected chi connectivity index (χ0v) is 8.20. The van der Waals surface area contributed by atoms with Gasteiger partial charge >= 0.3 is 0 Å². The third-order valence-electron chi connectivity index (χ3n) is 2.67. The Kier molecular flexibility index (Phi) is 1.57. The molecule has 0 saturated heterocycles. The van der Waals surface area contributed by atoms with Crippen LogP contribution in [-0.4, -0.2) is 9.66 Å². The van der Waals surface area contributed by atoms with Gasteiger partial charge in [-0.3, -0.25) is 0 Å². The first-order chi connectivity index (χ1) is 6.54. The molecule has 1 heterocycles. The van der Waals surface area contributed by atoms with E-state index in [0.717, 1.165) is 11.1 Å². The van der Waals surface area contributed by atoms with E-state index in [1.807, 2.05) is 13.8 Å². The molecule has 0 radical (unpaired) electrons. The molecule has 0 spiro atoms. The summed E-state index contributed by atoms with van der Waals surface area (Å²) >= 11 is 0. The summed E-state index contributed by atoms with van der Waals surface area (Å²) in [7, 11) is 0. The zero-order chi connectivity index (χ0) is 10.5. The van der Waals surface area contributed by atoms with Crippen molar-refractivity contribution in [2.24, 2.45) is 0 Å². The number of hydrogen-bond donors (Lipinski definition) is 3. The summed E-state index contributed by atoms with van der Waals surface area (Å²) < 4.78 is 1.40. The molecule has 1 aromatic carbocycles. The summed E-state index contributed by atoms with van der Waals surface area (Å²) in [6, 6.07) is 0. The van der Waals surface area contributed by atoms with E-state index in [1.54, 1.807) is 0 Å². The minimum absolute atomic E-state index is 0.645. The van der Waals surface area contributed by atoms with Crippen molar-refractivity contribution >= 4 is 22.4 Å². The Morgan fingerprint density at radius 3 is 2.36 bits per heavy atom. The normalized spacial score (nSPS) is 11.0. The maximum Gasteiger partial charge on any atom is 0.116 e. The molecule has 0 bridgehead atoms. The van der Waals surface area contributed by atoms with E-state index in [4.69, 9.17) is 17.3 Å². The Hall–Kier alpha value is -1.91. The summed E-state index contributed by atoms with van der Waals surface area (Å²) in [6.45, 7) is 3.85. The quantitative estimate of drug-likeness (QED) is 0.418. The molecule has 0 aliphatic carbocycles. The molecule has 6 N–H and O–H groups in total. The van der Waals surface area contributed by atoms with E-state index in [9.17, 15) is 0 Å². The molecule has 0 unspecified atom stereocenters. The standard InChI is InChI=1S/C9H13N5/c1-4-5(2)7(11)9-8(6(4)10)13-3-14(9)12/h3H,10-12H2,1-2H3. The largest absolute Gasteiger partial charge is 0.397 e. The fourth-order valence-corrected chi connectivity index (χ4v) is 1.58. The van der Waals surface area contributed by atoms with Crippen LogP contribution in [0.4, 0.5) is 11.4 Å². The Balaban J connectivity index is 3.05. The minimum atomic E-state index is 0.645. The van der Waals surface area contributed by atoms with E-state index < -0.39 is 0 Å². The van der Waals surface area contributed by atoms with E-state index >= 15 is 0 Å². The van der Waals surface area contributed by atoms with Crippen molar-refractivity contribution in [1.29, 1.82) is 0 Å². The maximum atomic E-state index is 5.94. The van der Waals surface area contributed by atoms with Gasteiger partial charge in [0.2, 0.25) is 0 Å². The van der Waals surface area contributed by atoms with Crippen LogP contribution >= 0.6 is 0 Å². The van der Waals surface area contributed by atoms with Crippen LogP contribution in [0.3, 0.4) is 0 Å². The maximum absolute atomic E-state index is 5.94. The van der Waals surface area contributed by atoms with Crippen LogP contribution in [0.5, 0.6) is 0 Å². The lowest BCUT2D eigenvalue weighted by atomic mass is 10.0. The van der Waals surface area contributed by atoms with Crippen LogP contribution in [0.25, 0.3) is 11.0 Å². The molecular formula is C9H13N5. The van der Waals surface area contributed by atoms with Crippen LogP contribution in [0.1, 0.15) is 11.1 Å². The van der Waals surface area contributed by atoms with Crippen molar-refractivity contribution in [2.45, 2.75) is 13.8 Å². The van der Waals surface area contributed by atoms with Gasteiger partial charge in [0, 0.05) is 0 Å². The van der Waals surface area contributed by atoms with Gasteiger partial charge in [-0.15, -0.1) is 0 Å². The first-order valence-electron chi connectivity index (χ1n) is 4.30. The Bertz CT molecular complexity index is 512. The highest BCUT2D eigenvalue weighted by Crippen LogP contribution is 2.31. The number of nitrogen functional groups attached to an aromatic ring is 3. The second kappa shape index (κ2) is 2.54. The first kappa shape index (κ1) is 8.68. The van der Waals surface area contributed by atoms with Crippen molar-refractivity contribution < 1.29 is 0 Å². The van der Waals surface area contributed by atoms with Crippen LogP contribution in [-0.2, 0) is 0 Å². The predicted molar refractivity (Wildman–Crippen MR) is 58.2 cm³/mol. The van der Waals surface area contributed by atoms with Crippen LogP contribution < -0.4 is 17.3 Å². The number of imidazole rings is 1. The molecule has 1 aromatic heterocycles. The van der Waals surface area contributed by atoms with E-state index in [1.165, 1.54) is 11.0 Å². The van der Waals surface area contributed by atoms with Gasteiger partial charge in [0.15, 0.2) is 0 Å². The molecular weight excluding hydrogens is 178 g/mol. The molecule has 0 aliphatic heterocycles. The highest BCUT2D eigenvalue weighted by molar-refractivity contribution is 5.98. The number of nitrogens with two attached hydrogens (primary N) is 3. The molecule has 5 heteroatoms. The third kappa shape index (κ3) is 0.863. The lowest BCUT2D eigenvalue weighted by Crippen LogP contribution is -2.09. The summed E-state index contributed by atoms with van der Waals surface area (Å²) in [5, 5.41) is 0. The lowest BCUT2D eigenvalue weighted by molar-refractivity contribution is 1.04. The number of nitrogens with zero attached hydrogens (tertiary/aromatic N) is 2. The molecule has 2 aromatic rings. The van der Waals surface area contributed by atoms with Gasteiger partial charge in [-0.1, -0.05) is 0 Å². The van der Waals surface area contributed by atoms with Gasteiger partial charge < -0.3 is 17.3 Å². The first-order valence-corrected chi connectivity index (χ1v) is 4.30. The van der Waals surface area contributed by atoms with Crippen LogP contribution in [0, 0.1) is 13.8 Å². The van der Waals surface area contributed by atoms with E-state index in [0.29, 0.717) is 22.4 Å². The van der Waals surface area contributed by atoms with Crippen LogP contribution in [0.15, 0.2) is 6.33 Å². The molecule has 5 nitrogen and oxygen atoms in total. The van der Waals surface area contributed by atoms with E-state index in [2.05, 4.69) is 4.98 Å². The second-order valence-electron chi connectivity index (χ2n) is 3.43. The molecule has 2 rings (SSSR count). The Morgan fingerprint density at radius 1 is 1.14 bits per heavy atom. The number of benzene rings is 1. The number of fused-ring (bicyclic) bond motifs is 1. The van der Waals surface area contributed by atoms with Gasteiger partial charge in [-0.2, -0.15) is 0 Å². The average molecular weight is 191 g/mol. The summed E-state index contributed by atoms with van der Waals surface area (Å²) in [4.78, 5) is 4.11. The van der Waals surface area contributed by atoms with Crippen molar-refractivity contribution in [2.75, 3.05) is 17.3 Å². The van der Waals surface area contributed by atoms with Crippen molar-refractivity contribution in [3.8, 4) is 0 Å². The highest BCUT2D eigenvalue weighted by Gasteiger charge is 2.13. The molecule has 0 atom stereocenters. The summed E-state index contributed by atoms with van der Waals surface area (Å²) in [5.74, 6) is 5.68. The highest BCUT2D eigenvalue weighted by atomic mass is 15.3. The Morgan fingerprint density at radius 2 is 1.71 bits per heavy atom. The topological polar surface area (TPSA) is 95.9 Å². The third-order valence-corrected chi connectivity index (χ3v) is 2.67. The molecule has 0 saturated carbocycles. The summed E-state index contributed by atoms with van der Waals surface area (Å²) in [6.07, 6.45) is 1.51. The van der Waals surface area contributed by atoms with Crippen molar-refractivity contribution in [1.82, 2.24) is 9.66 Å². The Labute approximate surface area is 81.5 Å². The van der Waals surface area contributed by atoms with Gasteiger partial charge in [0.25, 0.3) is 0 Å².